The van der Waals surface area contributed by atoms with E-state index in [1.54, 1.807) is 29.2 Å². The lowest BCUT2D eigenvalue weighted by atomic mass is 10.1. The van der Waals surface area contributed by atoms with Gasteiger partial charge in [0.25, 0.3) is 5.91 Å². The third-order valence-corrected chi connectivity index (χ3v) is 9.04. The SMILES string of the molecule is CSCC[C@@H]1NC(=O)c2cc(ccc2C)OCCCn2cc(nn2)CN(Cc2cnc(-c3ccccc3)s2)CCCNC1=O. The Morgan fingerprint density at radius 3 is 2.82 bits per heavy atom. The number of fused-ring (bicyclic) bond motifs is 4. The number of benzene rings is 2. The molecule has 0 radical (unpaired) electrons. The molecule has 232 valence electrons. The van der Waals surface area contributed by atoms with E-state index < -0.39 is 6.04 Å². The third-order valence-electron chi connectivity index (χ3n) is 7.36. The lowest BCUT2D eigenvalue weighted by Crippen LogP contribution is -2.47. The van der Waals surface area contributed by atoms with Crippen molar-refractivity contribution in [3.63, 3.8) is 0 Å². The standard InChI is InChI=1S/C32H39N7O3S2/c1-23-10-11-26-18-28(23)30(40)35-29(12-17-43-2)31(41)33-13-6-14-38(20-25-21-39(37-36-25)15-7-16-42-26)22-27-19-34-32(44-27)24-8-4-3-5-9-24/h3-5,8-11,18-19,21,29H,6-7,12-17,20,22H2,1-2H3,(H,33,41)(H,35,40)/t29-/m0/s1. The predicted octanol–water partition coefficient (Wildman–Crippen LogP) is 4.55. The van der Waals surface area contributed by atoms with Gasteiger partial charge in [-0.2, -0.15) is 11.8 Å². The van der Waals surface area contributed by atoms with Crippen molar-refractivity contribution in [2.24, 2.45) is 0 Å². The zero-order valence-electron chi connectivity index (χ0n) is 25.2. The topological polar surface area (TPSA) is 114 Å². The van der Waals surface area contributed by atoms with E-state index in [4.69, 9.17) is 4.74 Å². The summed E-state index contributed by atoms with van der Waals surface area (Å²) in [5, 5.41) is 15.8. The molecule has 0 fully saturated rings. The summed E-state index contributed by atoms with van der Waals surface area (Å²) in [6.45, 7) is 5.60. The van der Waals surface area contributed by atoms with Crippen molar-refractivity contribution in [2.75, 3.05) is 31.7 Å². The van der Waals surface area contributed by atoms with Crippen LogP contribution in [0.1, 0.15) is 45.8 Å². The molecular weight excluding hydrogens is 595 g/mol. The molecule has 3 heterocycles. The molecular formula is C32H39N7O3S2. The molecule has 0 aliphatic carbocycles. The van der Waals surface area contributed by atoms with Crippen LogP contribution in [0.25, 0.3) is 10.6 Å². The Hall–Kier alpha value is -3.74. The van der Waals surface area contributed by atoms with Gasteiger partial charge >= 0.3 is 0 Å². The molecule has 1 aliphatic rings. The van der Waals surface area contributed by atoms with Gasteiger partial charge in [0.1, 0.15) is 16.8 Å². The van der Waals surface area contributed by atoms with Crippen molar-refractivity contribution in [1.29, 1.82) is 0 Å². The summed E-state index contributed by atoms with van der Waals surface area (Å²) in [6.07, 6.45) is 7.95. The maximum Gasteiger partial charge on any atom is 0.252 e. The Labute approximate surface area is 266 Å². The van der Waals surface area contributed by atoms with Crippen molar-refractivity contribution in [1.82, 2.24) is 35.5 Å². The van der Waals surface area contributed by atoms with Gasteiger partial charge in [0, 0.05) is 67.5 Å². The average molecular weight is 634 g/mol. The van der Waals surface area contributed by atoms with E-state index >= 15 is 0 Å². The molecule has 0 saturated heterocycles. The van der Waals surface area contributed by atoms with Crippen molar-refractivity contribution in [3.8, 4) is 16.3 Å². The minimum Gasteiger partial charge on any atom is -0.494 e. The first-order chi connectivity index (χ1) is 21.5. The summed E-state index contributed by atoms with van der Waals surface area (Å²) in [4.78, 5) is 34.7. The number of hydrogen-bond donors (Lipinski definition) is 2. The molecule has 44 heavy (non-hydrogen) atoms. The second-order valence-electron chi connectivity index (χ2n) is 10.8. The molecule has 1 atom stereocenters. The van der Waals surface area contributed by atoms with Crippen LogP contribution in [0.15, 0.2) is 60.9 Å². The van der Waals surface area contributed by atoms with E-state index in [0.29, 0.717) is 50.5 Å². The van der Waals surface area contributed by atoms with Gasteiger partial charge in [-0.15, -0.1) is 16.4 Å². The number of carbonyl (C=O) groups excluding carboxylic acids is 2. The molecule has 4 bridgehead atoms. The van der Waals surface area contributed by atoms with E-state index in [0.717, 1.165) is 51.8 Å². The van der Waals surface area contributed by atoms with Crippen molar-refractivity contribution >= 4 is 34.9 Å². The largest absolute Gasteiger partial charge is 0.494 e. The maximum atomic E-state index is 13.3. The predicted molar refractivity (Wildman–Crippen MR) is 175 cm³/mol. The number of aryl methyl sites for hydroxylation is 2. The van der Waals surface area contributed by atoms with Crippen LogP contribution in [0.4, 0.5) is 0 Å². The molecule has 1 aliphatic heterocycles. The van der Waals surface area contributed by atoms with Crippen LogP contribution in [0.5, 0.6) is 5.75 Å². The number of carbonyl (C=O) groups is 2. The van der Waals surface area contributed by atoms with Crippen LogP contribution < -0.4 is 15.4 Å². The number of hydrogen-bond acceptors (Lipinski definition) is 9. The van der Waals surface area contributed by atoms with Gasteiger partial charge in [-0.25, -0.2) is 4.98 Å². The summed E-state index contributed by atoms with van der Waals surface area (Å²) >= 11 is 3.34. The van der Waals surface area contributed by atoms with Crippen LogP contribution >= 0.6 is 23.1 Å². The molecule has 0 saturated carbocycles. The lowest BCUT2D eigenvalue weighted by Gasteiger charge is -2.22. The number of ether oxygens (including phenoxy) is 1. The molecule has 0 unspecified atom stereocenters. The van der Waals surface area contributed by atoms with Gasteiger partial charge in [-0.05, 0) is 49.5 Å². The zero-order chi connectivity index (χ0) is 30.7. The molecule has 2 aromatic heterocycles. The highest BCUT2D eigenvalue weighted by atomic mass is 32.2. The Balaban J connectivity index is 1.31. The van der Waals surface area contributed by atoms with Gasteiger partial charge in [0.05, 0.1) is 12.3 Å². The normalized spacial score (nSPS) is 17.4. The van der Waals surface area contributed by atoms with Gasteiger partial charge < -0.3 is 15.4 Å². The number of aromatic nitrogens is 4. The van der Waals surface area contributed by atoms with Gasteiger partial charge in [-0.1, -0.05) is 41.6 Å². The minimum absolute atomic E-state index is 0.170. The summed E-state index contributed by atoms with van der Waals surface area (Å²) in [7, 11) is 0. The lowest BCUT2D eigenvalue weighted by molar-refractivity contribution is -0.123. The first-order valence-corrected chi connectivity index (χ1v) is 17.1. The van der Waals surface area contributed by atoms with Crippen LogP contribution in [0.3, 0.4) is 0 Å². The maximum absolute atomic E-state index is 13.3. The molecule has 2 N–H and O–H groups in total. The van der Waals surface area contributed by atoms with Gasteiger partial charge in [-0.3, -0.25) is 19.2 Å². The molecule has 10 nitrogen and oxygen atoms in total. The Morgan fingerprint density at radius 1 is 1.11 bits per heavy atom. The van der Waals surface area contributed by atoms with Crippen LogP contribution in [-0.2, 0) is 24.4 Å². The summed E-state index contributed by atoms with van der Waals surface area (Å²) in [6, 6.07) is 15.1. The van der Waals surface area contributed by atoms with Crippen LogP contribution in [-0.4, -0.2) is 74.4 Å². The van der Waals surface area contributed by atoms with E-state index in [1.807, 2.05) is 60.6 Å². The fourth-order valence-electron chi connectivity index (χ4n) is 5.01. The van der Waals surface area contributed by atoms with E-state index in [2.05, 4.69) is 43.0 Å². The molecule has 0 spiro atoms. The number of nitrogens with zero attached hydrogens (tertiary/aromatic N) is 5. The Kier molecular flexibility index (Phi) is 11.4. The van der Waals surface area contributed by atoms with E-state index in [9.17, 15) is 9.59 Å². The number of nitrogens with one attached hydrogen (secondary N) is 2. The fraction of sp³-hybridized carbons (Fsp3) is 0.406. The number of thioether (sulfide) groups is 1. The van der Waals surface area contributed by atoms with Gasteiger partial charge in [0.15, 0.2) is 0 Å². The summed E-state index contributed by atoms with van der Waals surface area (Å²) in [5.41, 5.74) is 3.33. The first-order valence-electron chi connectivity index (χ1n) is 14.9. The van der Waals surface area contributed by atoms with Crippen LogP contribution in [0, 0.1) is 6.92 Å². The van der Waals surface area contributed by atoms with Crippen molar-refractivity contribution in [2.45, 2.75) is 51.9 Å². The van der Waals surface area contributed by atoms with Crippen LogP contribution in [0.2, 0.25) is 0 Å². The summed E-state index contributed by atoms with van der Waals surface area (Å²) in [5.74, 6) is 0.934. The Morgan fingerprint density at radius 2 is 1.98 bits per heavy atom. The smallest absolute Gasteiger partial charge is 0.252 e. The van der Waals surface area contributed by atoms with E-state index in [-0.39, 0.29) is 11.8 Å². The highest BCUT2D eigenvalue weighted by molar-refractivity contribution is 7.98. The van der Waals surface area contributed by atoms with E-state index in [1.165, 1.54) is 0 Å². The molecule has 4 aromatic rings. The van der Waals surface area contributed by atoms with Crippen molar-refractivity contribution in [3.05, 3.63) is 82.6 Å². The fourth-order valence-corrected chi connectivity index (χ4v) is 6.44. The number of rotatable bonds is 6. The summed E-state index contributed by atoms with van der Waals surface area (Å²) < 4.78 is 7.82. The highest BCUT2D eigenvalue weighted by Crippen LogP contribution is 2.26. The highest BCUT2D eigenvalue weighted by Gasteiger charge is 2.22. The molecule has 12 heteroatoms. The third kappa shape index (κ3) is 8.90. The second kappa shape index (κ2) is 15.8. The average Bonchev–Trinajstić information content (AvgIpc) is 3.69. The van der Waals surface area contributed by atoms with Gasteiger partial charge in [0.2, 0.25) is 5.91 Å². The first kappa shape index (κ1) is 31.7. The zero-order valence-corrected chi connectivity index (χ0v) is 26.8. The molecule has 5 rings (SSSR count). The van der Waals surface area contributed by atoms with Crippen molar-refractivity contribution < 1.29 is 14.3 Å². The number of thiazole rings is 1. The molecule has 2 aromatic carbocycles. The molecule has 2 amide bonds. The monoisotopic (exact) mass is 633 g/mol. The second-order valence-corrected chi connectivity index (χ2v) is 12.9. The number of amides is 2. The quantitative estimate of drug-likeness (QED) is 0.318. The Bertz CT molecular complexity index is 1530. The minimum atomic E-state index is -0.621.